The third kappa shape index (κ3) is 4.24. The summed E-state index contributed by atoms with van der Waals surface area (Å²) in [6, 6.07) is 7.06. The van der Waals surface area contributed by atoms with Crippen molar-refractivity contribution in [3.8, 4) is 5.75 Å². The van der Waals surface area contributed by atoms with E-state index in [0.717, 1.165) is 24.7 Å². The maximum atomic E-state index is 11.3. The summed E-state index contributed by atoms with van der Waals surface area (Å²) < 4.78 is 5.71. The molecule has 0 aliphatic heterocycles. The molecule has 1 saturated carbocycles. The first-order chi connectivity index (χ1) is 9.29. The normalized spacial score (nSPS) is 16.1. The lowest BCUT2D eigenvalue weighted by Gasteiger charge is -2.21. The van der Waals surface area contributed by atoms with Gasteiger partial charge in [-0.2, -0.15) is 0 Å². The van der Waals surface area contributed by atoms with E-state index >= 15 is 0 Å². The fourth-order valence-corrected chi connectivity index (χ4v) is 2.61. The van der Waals surface area contributed by atoms with Crippen LogP contribution in [0.4, 0.5) is 0 Å². The van der Waals surface area contributed by atoms with Gasteiger partial charge in [0.1, 0.15) is 5.75 Å². The molecule has 0 unspecified atom stereocenters. The second-order valence-electron chi connectivity index (χ2n) is 5.14. The van der Waals surface area contributed by atoms with Gasteiger partial charge in [0, 0.05) is 5.56 Å². The molecule has 0 aromatic heterocycles. The number of hydrazine groups is 1. The number of nitrogens with one attached hydrogen (secondary N) is 1. The maximum Gasteiger partial charge on any atom is 0.265 e. The van der Waals surface area contributed by atoms with Crippen molar-refractivity contribution >= 4 is 5.91 Å². The second-order valence-corrected chi connectivity index (χ2v) is 5.14. The highest BCUT2D eigenvalue weighted by Gasteiger charge is 2.13. The van der Waals surface area contributed by atoms with E-state index in [1.807, 2.05) is 12.1 Å². The SMILES string of the molecule is NNC(=O)c1ccc(OCCC2CCCCC2)cc1. The largest absolute Gasteiger partial charge is 0.494 e. The predicted octanol–water partition coefficient (Wildman–Crippen LogP) is 2.64. The minimum Gasteiger partial charge on any atom is -0.494 e. The quantitative estimate of drug-likeness (QED) is 0.487. The third-order valence-electron chi connectivity index (χ3n) is 3.77. The Kier molecular flexibility index (Phi) is 5.21. The zero-order valence-electron chi connectivity index (χ0n) is 11.2. The lowest BCUT2D eigenvalue weighted by molar-refractivity contribution is 0.0953. The Morgan fingerprint density at radius 1 is 1.21 bits per heavy atom. The summed E-state index contributed by atoms with van der Waals surface area (Å²) in [5, 5.41) is 0. The van der Waals surface area contributed by atoms with Crippen molar-refractivity contribution < 1.29 is 9.53 Å². The number of benzene rings is 1. The molecule has 0 heterocycles. The van der Waals surface area contributed by atoms with Gasteiger partial charge in [0.05, 0.1) is 6.61 Å². The number of nitrogens with two attached hydrogens (primary N) is 1. The average molecular weight is 262 g/mol. The maximum absolute atomic E-state index is 11.3. The van der Waals surface area contributed by atoms with Crippen LogP contribution in [-0.2, 0) is 0 Å². The summed E-state index contributed by atoms with van der Waals surface area (Å²) in [5.41, 5.74) is 2.65. The van der Waals surface area contributed by atoms with E-state index in [9.17, 15) is 4.79 Å². The number of hydrogen-bond acceptors (Lipinski definition) is 3. The second kappa shape index (κ2) is 7.14. The van der Waals surface area contributed by atoms with Crippen LogP contribution in [0.15, 0.2) is 24.3 Å². The highest BCUT2D eigenvalue weighted by atomic mass is 16.5. The first kappa shape index (κ1) is 13.9. The molecule has 4 nitrogen and oxygen atoms in total. The molecular weight excluding hydrogens is 240 g/mol. The van der Waals surface area contributed by atoms with E-state index in [1.165, 1.54) is 32.1 Å². The van der Waals surface area contributed by atoms with Crippen molar-refractivity contribution in [2.75, 3.05) is 6.61 Å². The number of carbonyl (C=O) groups excluding carboxylic acids is 1. The van der Waals surface area contributed by atoms with Crippen LogP contribution in [0.3, 0.4) is 0 Å². The van der Waals surface area contributed by atoms with Crippen LogP contribution < -0.4 is 16.0 Å². The topological polar surface area (TPSA) is 64.3 Å². The van der Waals surface area contributed by atoms with Gasteiger partial charge in [0.2, 0.25) is 0 Å². The van der Waals surface area contributed by atoms with Gasteiger partial charge in [-0.1, -0.05) is 32.1 Å². The number of nitrogen functional groups attached to an aromatic ring is 1. The Morgan fingerprint density at radius 3 is 2.53 bits per heavy atom. The highest BCUT2D eigenvalue weighted by Crippen LogP contribution is 2.26. The predicted molar refractivity (Wildman–Crippen MR) is 74.8 cm³/mol. The summed E-state index contributed by atoms with van der Waals surface area (Å²) in [7, 11) is 0. The van der Waals surface area contributed by atoms with Crippen LogP contribution in [0.25, 0.3) is 0 Å². The summed E-state index contributed by atoms with van der Waals surface area (Å²) in [6.45, 7) is 0.757. The van der Waals surface area contributed by atoms with Crippen LogP contribution in [0.5, 0.6) is 5.75 Å². The number of rotatable bonds is 5. The van der Waals surface area contributed by atoms with Crippen molar-refractivity contribution in [3.63, 3.8) is 0 Å². The molecule has 1 aliphatic carbocycles. The zero-order chi connectivity index (χ0) is 13.5. The van der Waals surface area contributed by atoms with Gasteiger partial charge in [-0.15, -0.1) is 0 Å². The van der Waals surface area contributed by atoms with Crippen LogP contribution >= 0.6 is 0 Å². The summed E-state index contributed by atoms with van der Waals surface area (Å²) in [4.78, 5) is 11.3. The zero-order valence-corrected chi connectivity index (χ0v) is 11.2. The van der Waals surface area contributed by atoms with E-state index in [-0.39, 0.29) is 5.91 Å². The molecule has 0 atom stereocenters. The fraction of sp³-hybridized carbons (Fsp3) is 0.533. The lowest BCUT2D eigenvalue weighted by Crippen LogP contribution is -2.29. The van der Waals surface area contributed by atoms with Crippen molar-refractivity contribution in [2.45, 2.75) is 38.5 Å². The summed E-state index contributed by atoms with van der Waals surface area (Å²) in [5.74, 6) is 6.43. The molecule has 1 aromatic rings. The molecular formula is C15H22N2O2. The Labute approximate surface area is 114 Å². The molecule has 1 aliphatic rings. The monoisotopic (exact) mass is 262 g/mol. The van der Waals surface area contributed by atoms with E-state index in [2.05, 4.69) is 5.43 Å². The molecule has 4 heteroatoms. The van der Waals surface area contributed by atoms with E-state index in [4.69, 9.17) is 10.6 Å². The Balaban J connectivity index is 1.75. The minimum absolute atomic E-state index is 0.284. The standard InChI is InChI=1S/C15H22N2O2/c16-17-15(18)13-6-8-14(9-7-13)19-11-10-12-4-2-1-3-5-12/h6-9,12H,1-5,10-11,16H2,(H,17,18). The molecule has 0 radical (unpaired) electrons. The third-order valence-corrected chi connectivity index (χ3v) is 3.77. The van der Waals surface area contributed by atoms with Crippen molar-refractivity contribution in [1.82, 2.24) is 5.43 Å². The minimum atomic E-state index is -0.284. The number of amides is 1. The van der Waals surface area contributed by atoms with Gasteiger partial charge in [0.25, 0.3) is 5.91 Å². The van der Waals surface area contributed by atoms with Crippen LogP contribution in [0.2, 0.25) is 0 Å². The average Bonchev–Trinajstić information content (AvgIpc) is 2.48. The molecule has 0 bridgehead atoms. The molecule has 104 valence electrons. The van der Waals surface area contributed by atoms with E-state index in [0.29, 0.717) is 5.56 Å². The Bertz CT molecular complexity index is 397. The van der Waals surface area contributed by atoms with Gasteiger partial charge < -0.3 is 4.74 Å². The Morgan fingerprint density at radius 2 is 1.89 bits per heavy atom. The van der Waals surface area contributed by atoms with Crippen molar-refractivity contribution in [1.29, 1.82) is 0 Å². The van der Waals surface area contributed by atoms with Crippen molar-refractivity contribution in [3.05, 3.63) is 29.8 Å². The first-order valence-electron chi connectivity index (χ1n) is 7.03. The molecule has 19 heavy (non-hydrogen) atoms. The molecule has 3 N–H and O–H groups in total. The van der Waals surface area contributed by atoms with Crippen LogP contribution in [-0.4, -0.2) is 12.5 Å². The molecule has 0 spiro atoms. The number of ether oxygens (including phenoxy) is 1. The van der Waals surface area contributed by atoms with E-state index < -0.39 is 0 Å². The highest BCUT2D eigenvalue weighted by molar-refractivity contribution is 5.93. The smallest absolute Gasteiger partial charge is 0.265 e. The lowest BCUT2D eigenvalue weighted by atomic mass is 9.87. The first-order valence-corrected chi connectivity index (χ1v) is 7.03. The summed E-state index contributed by atoms with van der Waals surface area (Å²) >= 11 is 0. The summed E-state index contributed by atoms with van der Waals surface area (Å²) in [6.07, 6.45) is 7.95. The molecule has 1 amide bonds. The number of hydrogen-bond donors (Lipinski definition) is 2. The molecule has 1 fully saturated rings. The van der Waals surface area contributed by atoms with Gasteiger partial charge in [0.15, 0.2) is 0 Å². The molecule has 1 aromatic carbocycles. The van der Waals surface area contributed by atoms with Gasteiger partial charge >= 0.3 is 0 Å². The molecule has 2 rings (SSSR count). The van der Waals surface area contributed by atoms with Gasteiger partial charge in [-0.3, -0.25) is 10.2 Å². The van der Waals surface area contributed by atoms with Crippen LogP contribution in [0.1, 0.15) is 48.9 Å². The van der Waals surface area contributed by atoms with Crippen molar-refractivity contribution in [2.24, 2.45) is 11.8 Å². The Hall–Kier alpha value is -1.55. The van der Waals surface area contributed by atoms with Crippen LogP contribution in [0, 0.1) is 5.92 Å². The number of carbonyl (C=O) groups is 1. The van der Waals surface area contributed by atoms with Gasteiger partial charge in [-0.25, -0.2) is 5.84 Å². The molecule has 0 saturated heterocycles. The fourth-order valence-electron chi connectivity index (χ4n) is 2.61. The van der Waals surface area contributed by atoms with Gasteiger partial charge in [-0.05, 0) is 36.6 Å². The van der Waals surface area contributed by atoms with E-state index in [1.54, 1.807) is 12.1 Å².